The Hall–Kier alpha value is -1.26. The lowest BCUT2D eigenvalue weighted by molar-refractivity contribution is 0.688. The first kappa shape index (κ1) is 12.2. The summed E-state index contributed by atoms with van der Waals surface area (Å²) in [5.41, 5.74) is 9.36. The predicted octanol–water partition coefficient (Wildman–Crippen LogP) is 2.79. The summed E-state index contributed by atoms with van der Waals surface area (Å²) >= 11 is 3.40. The highest BCUT2D eigenvalue weighted by Gasteiger charge is 2.11. The Morgan fingerprint density at radius 3 is 2.94 bits per heavy atom. The third kappa shape index (κ3) is 3.11. The molecule has 1 unspecified atom stereocenters. The van der Waals surface area contributed by atoms with Crippen molar-refractivity contribution >= 4 is 15.9 Å². The number of nitrogens with two attached hydrogens (primary N) is 1. The number of pyridine rings is 2. The lowest BCUT2D eigenvalue weighted by Crippen LogP contribution is -2.16. The fraction of sp³-hybridized carbons (Fsp3) is 0.231. The Kier molecular flexibility index (Phi) is 3.86. The lowest BCUT2D eigenvalue weighted by Gasteiger charge is -2.13. The van der Waals surface area contributed by atoms with E-state index in [-0.39, 0.29) is 6.04 Å². The van der Waals surface area contributed by atoms with Gasteiger partial charge in [-0.05, 0) is 52.5 Å². The van der Waals surface area contributed by atoms with Crippen LogP contribution in [0.1, 0.15) is 22.9 Å². The van der Waals surface area contributed by atoms with E-state index in [0.717, 1.165) is 27.7 Å². The topological polar surface area (TPSA) is 51.8 Å². The van der Waals surface area contributed by atoms with E-state index in [2.05, 4.69) is 25.9 Å². The molecule has 2 aromatic heterocycles. The third-order valence-electron chi connectivity index (χ3n) is 2.62. The van der Waals surface area contributed by atoms with Crippen molar-refractivity contribution in [2.24, 2.45) is 5.73 Å². The molecule has 4 heteroatoms. The van der Waals surface area contributed by atoms with Crippen LogP contribution in [0.4, 0.5) is 0 Å². The second-order valence-electron chi connectivity index (χ2n) is 4.03. The summed E-state index contributed by atoms with van der Waals surface area (Å²) in [5, 5.41) is 0. The fourth-order valence-electron chi connectivity index (χ4n) is 1.80. The second kappa shape index (κ2) is 5.38. The van der Waals surface area contributed by atoms with Gasteiger partial charge in [0.25, 0.3) is 0 Å². The van der Waals surface area contributed by atoms with Crippen LogP contribution < -0.4 is 5.73 Å². The fourth-order valence-corrected chi connectivity index (χ4v) is 2.22. The lowest BCUT2D eigenvalue weighted by atomic mass is 10.0. The number of aryl methyl sites for hydroxylation is 1. The van der Waals surface area contributed by atoms with Crippen molar-refractivity contribution in [1.82, 2.24) is 9.97 Å². The molecule has 88 valence electrons. The summed E-state index contributed by atoms with van der Waals surface area (Å²) in [5.74, 6) is 0. The molecular formula is C13H14BrN3. The maximum absolute atomic E-state index is 6.17. The highest BCUT2D eigenvalue weighted by atomic mass is 79.9. The molecule has 0 saturated carbocycles. The molecule has 0 bridgehead atoms. The molecule has 2 rings (SSSR count). The van der Waals surface area contributed by atoms with Gasteiger partial charge in [0.2, 0.25) is 0 Å². The van der Waals surface area contributed by atoms with Crippen LogP contribution in [0.2, 0.25) is 0 Å². The van der Waals surface area contributed by atoms with Gasteiger partial charge in [0.05, 0.1) is 11.7 Å². The standard InChI is InChI=1S/C13H14BrN3/c1-9-3-2-4-17-13(9)12(15)6-10-5-11(14)8-16-7-10/h2-5,7-8,12H,6,15H2,1H3. The van der Waals surface area contributed by atoms with Crippen molar-refractivity contribution in [3.05, 3.63) is 58.1 Å². The normalized spacial score (nSPS) is 12.4. The molecule has 0 saturated heterocycles. The average molecular weight is 292 g/mol. The molecule has 2 N–H and O–H groups in total. The molecule has 0 aromatic carbocycles. The summed E-state index contributed by atoms with van der Waals surface area (Å²) in [6.07, 6.45) is 6.12. The van der Waals surface area contributed by atoms with Crippen LogP contribution in [0.15, 0.2) is 41.3 Å². The van der Waals surface area contributed by atoms with Crippen molar-refractivity contribution in [1.29, 1.82) is 0 Å². The van der Waals surface area contributed by atoms with Gasteiger partial charge < -0.3 is 5.73 Å². The molecule has 0 amide bonds. The second-order valence-corrected chi connectivity index (χ2v) is 4.94. The largest absolute Gasteiger partial charge is 0.322 e. The zero-order valence-corrected chi connectivity index (χ0v) is 11.2. The van der Waals surface area contributed by atoms with Gasteiger partial charge in [-0.2, -0.15) is 0 Å². The van der Waals surface area contributed by atoms with Gasteiger partial charge in [0.15, 0.2) is 0 Å². The van der Waals surface area contributed by atoms with E-state index in [1.165, 1.54) is 0 Å². The Bertz CT molecular complexity index is 514. The number of hydrogen-bond donors (Lipinski definition) is 1. The van der Waals surface area contributed by atoms with E-state index in [0.29, 0.717) is 0 Å². The summed E-state index contributed by atoms with van der Waals surface area (Å²) < 4.78 is 0.972. The molecule has 3 nitrogen and oxygen atoms in total. The Morgan fingerprint density at radius 2 is 2.24 bits per heavy atom. The van der Waals surface area contributed by atoms with E-state index in [9.17, 15) is 0 Å². The molecule has 0 radical (unpaired) electrons. The molecule has 0 aliphatic heterocycles. The molecule has 0 spiro atoms. The number of halogens is 1. The van der Waals surface area contributed by atoms with Gasteiger partial charge in [-0.1, -0.05) is 6.07 Å². The molecule has 0 fully saturated rings. The highest BCUT2D eigenvalue weighted by Crippen LogP contribution is 2.18. The van der Waals surface area contributed by atoms with Crippen LogP contribution in [-0.4, -0.2) is 9.97 Å². The highest BCUT2D eigenvalue weighted by molar-refractivity contribution is 9.10. The zero-order valence-electron chi connectivity index (χ0n) is 9.60. The molecule has 1 atom stereocenters. The van der Waals surface area contributed by atoms with Crippen LogP contribution in [0.25, 0.3) is 0 Å². The molecule has 2 aromatic rings. The smallest absolute Gasteiger partial charge is 0.0603 e. The van der Waals surface area contributed by atoms with Gasteiger partial charge in [-0.25, -0.2) is 0 Å². The summed E-state index contributed by atoms with van der Waals surface area (Å²) in [6, 6.07) is 5.89. The average Bonchev–Trinajstić information content (AvgIpc) is 2.29. The minimum Gasteiger partial charge on any atom is -0.322 e. The van der Waals surface area contributed by atoms with E-state index >= 15 is 0 Å². The van der Waals surface area contributed by atoms with Crippen molar-refractivity contribution < 1.29 is 0 Å². The minimum atomic E-state index is -0.0905. The SMILES string of the molecule is Cc1cccnc1C(N)Cc1cncc(Br)c1. The predicted molar refractivity (Wildman–Crippen MR) is 71.5 cm³/mol. The van der Waals surface area contributed by atoms with Gasteiger partial charge >= 0.3 is 0 Å². The summed E-state index contributed by atoms with van der Waals surface area (Å²) in [6.45, 7) is 2.03. The van der Waals surface area contributed by atoms with Crippen LogP contribution in [-0.2, 0) is 6.42 Å². The van der Waals surface area contributed by atoms with Crippen LogP contribution in [0, 0.1) is 6.92 Å². The van der Waals surface area contributed by atoms with Crippen molar-refractivity contribution in [2.75, 3.05) is 0 Å². The van der Waals surface area contributed by atoms with Gasteiger partial charge in [-0.3, -0.25) is 9.97 Å². The first-order valence-corrected chi connectivity index (χ1v) is 6.22. The van der Waals surface area contributed by atoms with Crippen LogP contribution in [0.3, 0.4) is 0 Å². The minimum absolute atomic E-state index is 0.0905. The van der Waals surface area contributed by atoms with E-state index in [1.54, 1.807) is 12.4 Å². The Labute approximate surface area is 109 Å². The van der Waals surface area contributed by atoms with Crippen molar-refractivity contribution in [3.8, 4) is 0 Å². The number of hydrogen-bond acceptors (Lipinski definition) is 3. The van der Waals surface area contributed by atoms with E-state index in [4.69, 9.17) is 5.73 Å². The van der Waals surface area contributed by atoms with Crippen LogP contribution in [0.5, 0.6) is 0 Å². The van der Waals surface area contributed by atoms with Crippen molar-refractivity contribution in [2.45, 2.75) is 19.4 Å². The first-order chi connectivity index (χ1) is 8.16. The zero-order chi connectivity index (χ0) is 12.3. The van der Waals surface area contributed by atoms with Gasteiger partial charge in [0.1, 0.15) is 0 Å². The van der Waals surface area contributed by atoms with Crippen molar-refractivity contribution in [3.63, 3.8) is 0 Å². The maximum atomic E-state index is 6.17. The van der Waals surface area contributed by atoms with E-state index in [1.807, 2.05) is 31.3 Å². The number of nitrogens with zero attached hydrogens (tertiary/aromatic N) is 2. The van der Waals surface area contributed by atoms with Crippen LogP contribution >= 0.6 is 15.9 Å². The number of rotatable bonds is 3. The maximum Gasteiger partial charge on any atom is 0.0603 e. The molecule has 2 heterocycles. The quantitative estimate of drug-likeness (QED) is 0.946. The summed E-state index contributed by atoms with van der Waals surface area (Å²) in [4.78, 5) is 8.47. The molecular weight excluding hydrogens is 278 g/mol. The van der Waals surface area contributed by atoms with Gasteiger partial charge in [-0.15, -0.1) is 0 Å². The Balaban J connectivity index is 2.17. The Morgan fingerprint density at radius 1 is 1.41 bits per heavy atom. The first-order valence-electron chi connectivity index (χ1n) is 5.43. The monoisotopic (exact) mass is 291 g/mol. The van der Waals surface area contributed by atoms with Gasteiger partial charge in [0, 0.05) is 23.1 Å². The molecule has 17 heavy (non-hydrogen) atoms. The third-order valence-corrected chi connectivity index (χ3v) is 3.05. The van der Waals surface area contributed by atoms with E-state index < -0.39 is 0 Å². The molecule has 0 aliphatic carbocycles. The number of aromatic nitrogens is 2. The summed E-state index contributed by atoms with van der Waals surface area (Å²) in [7, 11) is 0. The molecule has 0 aliphatic rings.